The van der Waals surface area contributed by atoms with Crippen molar-refractivity contribution in [2.24, 2.45) is 5.92 Å². The average Bonchev–Trinajstić information content (AvgIpc) is 3.65. The molecule has 3 aromatic rings. The predicted octanol–water partition coefficient (Wildman–Crippen LogP) is 3.58. The highest BCUT2D eigenvalue weighted by molar-refractivity contribution is 7.10. The molecule has 2 aromatic heterocycles. The molecule has 1 aliphatic carbocycles. The zero-order valence-corrected chi connectivity index (χ0v) is 23.1. The summed E-state index contributed by atoms with van der Waals surface area (Å²) in [5.74, 6) is -0.104. The summed E-state index contributed by atoms with van der Waals surface area (Å²) >= 11 is 7.88. The van der Waals surface area contributed by atoms with Gasteiger partial charge in [0.05, 0.1) is 24.1 Å². The first-order valence-electron chi connectivity index (χ1n) is 13.4. The van der Waals surface area contributed by atoms with Crippen LogP contribution < -0.4 is 5.32 Å². The zero-order valence-electron chi connectivity index (χ0n) is 21.6. The molecule has 3 N–H and O–H groups in total. The van der Waals surface area contributed by atoms with E-state index in [1.165, 1.54) is 11.3 Å². The Morgan fingerprint density at radius 3 is 2.82 bits per heavy atom. The van der Waals surface area contributed by atoms with E-state index in [1.54, 1.807) is 4.90 Å². The monoisotopic (exact) mass is 558 g/mol. The number of amides is 2. The lowest BCUT2D eigenvalue weighted by Crippen LogP contribution is -2.53. The molecule has 1 unspecified atom stereocenters. The second-order valence-corrected chi connectivity index (χ2v) is 12.1. The molecule has 5 rings (SSSR count). The van der Waals surface area contributed by atoms with E-state index in [9.17, 15) is 19.8 Å². The van der Waals surface area contributed by atoms with E-state index >= 15 is 0 Å². The number of aliphatic hydroxyl groups is 2. The van der Waals surface area contributed by atoms with Gasteiger partial charge in [-0.1, -0.05) is 18.6 Å². The number of nitrogens with zero attached hydrogens (tertiary/aromatic N) is 3. The van der Waals surface area contributed by atoms with Crippen molar-refractivity contribution < 1.29 is 19.8 Å². The quantitative estimate of drug-likeness (QED) is 0.366. The summed E-state index contributed by atoms with van der Waals surface area (Å²) in [5.41, 5.74) is 3.11. The topological polar surface area (TPSA) is 108 Å². The normalized spacial score (nSPS) is 23.5. The van der Waals surface area contributed by atoms with E-state index in [1.807, 2.05) is 42.6 Å². The van der Waals surface area contributed by atoms with Gasteiger partial charge in [-0.05, 0) is 74.1 Å². The van der Waals surface area contributed by atoms with Crippen molar-refractivity contribution in [3.8, 4) is 0 Å². The third-order valence-corrected chi connectivity index (χ3v) is 9.31. The van der Waals surface area contributed by atoms with Gasteiger partial charge in [0.25, 0.3) is 11.8 Å². The van der Waals surface area contributed by atoms with Gasteiger partial charge in [0.1, 0.15) is 5.82 Å². The fourth-order valence-corrected chi connectivity index (χ4v) is 7.18. The molecule has 0 spiro atoms. The second-order valence-electron chi connectivity index (χ2n) is 10.5. The molecule has 1 aromatic carbocycles. The highest BCUT2D eigenvalue weighted by Gasteiger charge is 2.41. The van der Waals surface area contributed by atoms with Crippen LogP contribution in [0, 0.1) is 12.8 Å². The van der Waals surface area contributed by atoms with E-state index in [0.717, 1.165) is 65.8 Å². The third kappa shape index (κ3) is 5.76. The van der Waals surface area contributed by atoms with Crippen LogP contribution in [0.25, 0.3) is 11.0 Å². The van der Waals surface area contributed by atoms with Crippen LogP contribution in [0.2, 0.25) is 0 Å². The van der Waals surface area contributed by atoms with Crippen LogP contribution in [-0.2, 0) is 22.7 Å². The second kappa shape index (κ2) is 11.7. The molecule has 2 fully saturated rings. The van der Waals surface area contributed by atoms with Crippen LogP contribution in [-0.4, -0.2) is 66.7 Å². The number of hydrogen-bond acceptors (Lipinski definition) is 6. The molecule has 38 heavy (non-hydrogen) atoms. The Balaban J connectivity index is 1.15. The van der Waals surface area contributed by atoms with Crippen LogP contribution >= 0.6 is 22.9 Å². The fraction of sp³-hybridized carbons (Fsp3) is 0.536. The molecule has 10 heteroatoms. The van der Waals surface area contributed by atoms with E-state index in [-0.39, 0.29) is 18.0 Å². The smallest absolute Gasteiger partial charge is 0.254 e. The summed E-state index contributed by atoms with van der Waals surface area (Å²) in [4.78, 5) is 32.9. The van der Waals surface area contributed by atoms with Gasteiger partial charge in [0.2, 0.25) is 0 Å². The van der Waals surface area contributed by atoms with Crippen molar-refractivity contribution in [2.75, 3.05) is 6.54 Å². The van der Waals surface area contributed by atoms with Crippen molar-refractivity contribution >= 4 is 45.8 Å². The minimum Gasteiger partial charge on any atom is -0.380 e. The molecule has 1 saturated carbocycles. The average molecular weight is 559 g/mol. The molecule has 1 aliphatic heterocycles. The maximum Gasteiger partial charge on any atom is 0.254 e. The Morgan fingerprint density at radius 2 is 2.00 bits per heavy atom. The minimum absolute atomic E-state index is 0.00903. The van der Waals surface area contributed by atoms with Gasteiger partial charge in [0.15, 0.2) is 12.2 Å². The predicted molar refractivity (Wildman–Crippen MR) is 148 cm³/mol. The summed E-state index contributed by atoms with van der Waals surface area (Å²) in [6, 6.07) is 10.0. The number of fused-ring (bicyclic) bond motifs is 1. The number of aromatic nitrogens is 2. The number of imidazole rings is 1. The van der Waals surface area contributed by atoms with E-state index in [0.29, 0.717) is 19.0 Å². The minimum atomic E-state index is -1.82. The molecule has 1 saturated heterocycles. The van der Waals surface area contributed by atoms with Crippen LogP contribution in [0.4, 0.5) is 0 Å². The van der Waals surface area contributed by atoms with Gasteiger partial charge in [-0.25, -0.2) is 4.98 Å². The molecule has 2 amide bonds. The van der Waals surface area contributed by atoms with Crippen LogP contribution in [0.3, 0.4) is 0 Å². The molecule has 204 valence electrons. The Bertz CT molecular complexity index is 1290. The molecule has 2 aliphatic rings. The SMILES string of the molecule is Cc1nc2ccccc2n1Cc1csc(CNC(=O)[C@H](O)[C@@H](O)C(=O)N2CCC[C@@H]2[C@H]2CCCC(Cl)C2)c1. The van der Waals surface area contributed by atoms with Crippen molar-refractivity contribution in [1.82, 2.24) is 19.8 Å². The number of carbonyl (C=O) groups is 2. The molecule has 0 bridgehead atoms. The first kappa shape index (κ1) is 27.1. The summed E-state index contributed by atoms with van der Waals surface area (Å²) < 4.78 is 2.15. The number of halogens is 1. The summed E-state index contributed by atoms with van der Waals surface area (Å²) in [6.07, 6.45) is 2.00. The number of carbonyl (C=O) groups excluding carboxylic acids is 2. The van der Waals surface area contributed by atoms with Gasteiger partial charge in [-0.15, -0.1) is 22.9 Å². The van der Waals surface area contributed by atoms with Gasteiger partial charge in [-0.3, -0.25) is 9.59 Å². The Hall–Kier alpha value is -2.46. The number of rotatable bonds is 8. The number of nitrogens with one attached hydrogen (secondary N) is 1. The maximum atomic E-state index is 13.1. The van der Waals surface area contributed by atoms with Gasteiger partial charge < -0.3 is 25.0 Å². The number of alkyl halides is 1. The lowest BCUT2D eigenvalue weighted by atomic mass is 9.82. The summed E-state index contributed by atoms with van der Waals surface area (Å²) in [6.45, 7) is 3.38. The standard InChI is InChI=1S/C28H35ClN4O4S/c1-17-31-22-8-2-3-9-24(22)33(17)15-18-12-21(38-16-18)14-30-27(36)25(34)26(35)28(37)32-11-5-10-23(32)19-6-4-7-20(29)13-19/h2-3,8-9,12,16,19-20,23,25-26,34-35H,4-7,10-11,13-15H2,1H3,(H,30,36)/t19-,20?,23+,25+,26+/m0/s1. The fourth-order valence-electron chi connectivity index (χ4n) is 5.98. The molecular weight excluding hydrogens is 524 g/mol. The Morgan fingerprint density at radius 1 is 1.18 bits per heavy atom. The molecular formula is C28H35ClN4O4S. The molecule has 5 atom stereocenters. The first-order valence-corrected chi connectivity index (χ1v) is 14.7. The first-order chi connectivity index (χ1) is 18.3. The van der Waals surface area contributed by atoms with Crippen LogP contribution in [0.1, 0.15) is 54.8 Å². The zero-order chi connectivity index (χ0) is 26.8. The van der Waals surface area contributed by atoms with E-state index in [4.69, 9.17) is 11.6 Å². The van der Waals surface area contributed by atoms with Crippen molar-refractivity contribution in [1.29, 1.82) is 0 Å². The van der Waals surface area contributed by atoms with E-state index in [2.05, 4.69) is 14.9 Å². The Kier molecular flexibility index (Phi) is 8.38. The number of hydrogen-bond donors (Lipinski definition) is 3. The highest BCUT2D eigenvalue weighted by atomic mass is 35.5. The van der Waals surface area contributed by atoms with Gasteiger partial charge in [0, 0.05) is 22.8 Å². The van der Waals surface area contributed by atoms with Crippen molar-refractivity contribution in [3.63, 3.8) is 0 Å². The largest absolute Gasteiger partial charge is 0.380 e. The molecule has 3 heterocycles. The number of benzene rings is 1. The van der Waals surface area contributed by atoms with Gasteiger partial charge >= 0.3 is 0 Å². The van der Waals surface area contributed by atoms with Crippen molar-refractivity contribution in [2.45, 2.75) is 82.2 Å². The Labute approximate surface area is 231 Å². The molecule has 0 radical (unpaired) electrons. The maximum absolute atomic E-state index is 13.1. The number of para-hydroxylation sites is 2. The third-order valence-electron chi connectivity index (χ3n) is 7.93. The summed E-state index contributed by atoms with van der Waals surface area (Å²) in [5, 5.41) is 25.9. The lowest BCUT2D eigenvalue weighted by molar-refractivity contribution is -0.154. The van der Waals surface area contributed by atoms with E-state index < -0.39 is 24.0 Å². The number of likely N-dealkylation sites (tertiary alicyclic amines) is 1. The van der Waals surface area contributed by atoms with Crippen LogP contribution in [0.15, 0.2) is 35.7 Å². The highest BCUT2D eigenvalue weighted by Crippen LogP contribution is 2.36. The molecule has 8 nitrogen and oxygen atoms in total. The van der Waals surface area contributed by atoms with Gasteiger partial charge in [-0.2, -0.15) is 0 Å². The lowest BCUT2D eigenvalue weighted by Gasteiger charge is -2.36. The summed E-state index contributed by atoms with van der Waals surface area (Å²) in [7, 11) is 0. The van der Waals surface area contributed by atoms with Crippen molar-refractivity contribution in [3.05, 3.63) is 52.0 Å². The van der Waals surface area contributed by atoms with Crippen LogP contribution in [0.5, 0.6) is 0 Å². The number of thiophene rings is 1. The number of aryl methyl sites for hydroxylation is 1. The number of aliphatic hydroxyl groups excluding tert-OH is 2.